The molecule has 0 radical (unpaired) electrons. The van der Waals surface area contributed by atoms with Crippen molar-refractivity contribution in [3.63, 3.8) is 0 Å². The van der Waals surface area contributed by atoms with Gasteiger partial charge in [-0.3, -0.25) is 4.79 Å². The zero-order valence-electron chi connectivity index (χ0n) is 16.1. The number of amides is 1. The topological polar surface area (TPSA) is 61.4 Å². The lowest BCUT2D eigenvalue weighted by molar-refractivity contribution is -0.131. The fourth-order valence-corrected chi connectivity index (χ4v) is 4.11. The number of aromatic nitrogens is 2. The molecule has 2 fully saturated rings. The Hall–Kier alpha value is -1.85. The number of likely N-dealkylation sites (tertiary alicyclic amines) is 1. The van der Waals surface area contributed by atoms with E-state index in [2.05, 4.69) is 32.0 Å². The Morgan fingerprint density at radius 3 is 2.73 bits per heavy atom. The molecule has 2 aliphatic heterocycles. The number of hydrogen-bond donors (Lipinski definition) is 1. The van der Waals surface area contributed by atoms with Crippen LogP contribution in [0.2, 0.25) is 0 Å². The Kier molecular flexibility index (Phi) is 7.09. The molecule has 144 valence electrons. The van der Waals surface area contributed by atoms with Crippen molar-refractivity contribution >= 4 is 17.5 Å². The molecule has 2 aliphatic rings. The SMILES string of the molecule is CCNc1cc(N2CCCC(CCC(=O)N3CCCCCC3)C2)ncn1. The maximum Gasteiger partial charge on any atom is 0.222 e. The molecule has 0 spiro atoms. The van der Waals surface area contributed by atoms with Crippen LogP contribution in [0, 0.1) is 5.92 Å². The van der Waals surface area contributed by atoms with Crippen molar-refractivity contribution in [2.24, 2.45) is 5.92 Å². The molecular weight excluding hydrogens is 326 g/mol. The summed E-state index contributed by atoms with van der Waals surface area (Å²) in [6.07, 6.45) is 10.6. The third kappa shape index (κ3) is 5.32. The van der Waals surface area contributed by atoms with Crippen LogP contribution in [0.15, 0.2) is 12.4 Å². The molecule has 0 aliphatic carbocycles. The molecule has 6 heteroatoms. The first-order chi connectivity index (χ1) is 12.8. The maximum absolute atomic E-state index is 12.5. The van der Waals surface area contributed by atoms with Gasteiger partial charge in [-0.1, -0.05) is 12.8 Å². The van der Waals surface area contributed by atoms with Crippen molar-refractivity contribution in [2.45, 2.75) is 58.3 Å². The van der Waals surface area contributed by atoms with Crippen LogP contribution >= 0.6 is 0 Å². The van der Waals surface area contributed by atoms with Gasteiger partial charge in [-0.25, -0.2) is 9.97 Å². The lowest BCUT2D eigenvalue weighted by Crippen LogP contribution is -2.37. The van der Waals surface area contributed by atoms with E-state index in [0.717, 1.165) is 50.8 Å². The number of nitrogens with one attached hydrogen (secondary N) is 1. The number of hydrogen-bond acceptors (Lipinski definition) is 5. The van der Waals surface area contributed by atoms with Crippen molar-refractivity contribution < 1.29 is 4.79 Å². The average Bonchev–Trinajstić information content (AvgIpc) is 2.96. The van der Waals surface area contributed by atoms with Crippen LogP contribution in [-0.2, 0) is 4.79 Å². The molecule has 3 rings (SSSR count). The standard InChI is InChI=1S/C20H33N5O/c1-2-21-18-14-19(23-16-22-18)25-13-7-8-17(15-25)9-10-20(26)24-11-5-3-4-6-12-24/h14,16-17H,2-13,15H2,1H3,(H,21,22,23). The van der Waals surface area contributed by atoms with Gasteiger partial charge >= 0.3 is 0 Å². The van der Waals surface area contributed by atoms with E-state index in [0.29, 0.717) is 18.2 Å². The van der Waals surface area contributed by atoms with Crippen LogP contribution in [0.3, 0.4) is 0 Å². The number of rotatable bonds is 6. The summed E-state index contributed by atoms with van der Waals surface area (Å²) in [5.41, 5.74) is 0. The molecule has 0 saturated carbocycles. The number of piperidine rings is 1. The second-order valence-electron chi connectivity index (χ2n) is 7.58. The Balaban J connectivity index is 1.50. The van der Waals surface area contributed by atoms with Crippen molar-refractivity contribution in [3.05, 3.63) is 12.4 Å². The highest BCUT2D eigenvalue weighted by Crippen LogP contribution is 2.26. The smallest absolute Gasteiger partial charge is 0.222 e. The minimum absolute atomic E-state index is 0.362. The summed E-state index contributed by atoms with van der Waals surface area (Å²) < 4.78 is 0. The van der Waals surface area contributed by atoms with Crippen LogP contribution in [0.1, 0.15) is 58.3 Å². The summed E-state index contributed by atoms with van der Waals surface area (Å²) in [5.74, 6) is 2.83. The third-order valence-electron chi connectivity index (χ3n) is 5.58. The van der Waals surface area contributed by atoms with E-state index in [4.69, 9.17) is 0 Å². The first-order valence-corrected chi connectivity index (χ1v) is 10.3. The van der Waals surface area contributed by atoms with Crippen molar-refractivity contribution in [1.82, 2.24) is 14.9 Å². The van der Waals surface area contributed by atoms with Gasteiger partial charge in [-0.05, 0) is 44.9 Å². The van der Waals surface area contributed by atoms with Crippen LogP contribution in [0.25, 0.3) is 0 Å². The van der Waals surface area contributed by atoms with Gasteiger partial charge in [-0.15, -0.1) is 0 Å². The molecule has 1 amide bonds. The quantitative estimate of drug-likeness (QED) is 0.844. The minimum Gasteiger partial charge on any atom is -0.370 e. The second-order valence-corrected chi connectivity index (χ2v) is 7.58. The predicted molar refractivity (Wildman–Crippen MR) is 105 cm³/mol. The van der Waals surface area contributed by atoms with Crippen LogP contribution < -0.4 is 10.2 Å². The normalized spacial score (nSPS) is 21.3. The third-order valence-corrected chi connectivity index (χ3v) is 5.58. The first-order valence-electron chi connectivity index (χ1n) is 10.3. The van der Waals surface area contributed by atoms with Gasteiger partial charge < -0.3 is 15.1 Å². The molecular formula is C20H33N5O. The van der Waals surface area contributed by atoms with Crippen LogP contribution in [0.5, 0.6) is 0 Å². The van der Waals surface area contributed by atoms with E-state index >= 15 is 0 Å². The maximum atomic E-state index is 12.5. The Bertz CT molecular complexity index is 571. The number of carbonyl (C=O) groups excluding carboxylic acids is 1. The molecule has 3 heterocycles. The molecule has 1 N–H and O–H groups in total. The van der Waals surface area contributed by atoms with Crippen molar-refractivity contribution in [1.29, 1.82) is 0 Å². The summed E-state index contributed by atoms with van der Waals surface area (Å²) in [4.78, 5) is 25.7. The Morgan fingerprint density at radius 2 is 1.96 bits per heavy atom. The highest BCUT2D eigenvalue weighted by Gasteiger charge is 2.23. The van der Waals surface area contributed by atoms with E-state index in [1.54, 1.807) is 6.33 Å². The lowest BCUT2D eigenvalue weighted by atomic mass is 9.93. The van der Waals surface area contributed by atoms with Gasteiger partial charge in [0.1, 0.15) is 18.0 Å². The first kappa shape index (κ1) is 18.9. The van der Waals surface area contributed by atoms with Crippen LogP contribution in [0.4, 0.5) is 11.6 Å². The average molecular weight is 360 g/mol. The molecule has 0 bridgehead atoms. The van der Waals surface area contributed by atoms with E-state index in [1.165, 1.54) is 38.5 Å². The second kappa shape index (κ2) is 9.74. The fourth-order valence-electron chi connectivity index (χ4n) is 4.11. The monoisotopic (exact) mass is 359 g/mol. The largest absolute Gasteiger partial charge is 0.370 e. The van der Waals surface area contributed by atoms with Crippen molar-refractivity contribution in [2.75, 3.05) is 42.9 Å². The van der Waals surface area contributed by atoms with Gasteiger partial charge in [0.05, 0.1) is 0 Å². The highest BCUT2D eigenvalue weighted by molar-refractivity contribution is 5.76. The Morgan fingerprint density at radius 1 is 1.15 bits per heavy atom. The molecule has 26 heavy (non-hydrogen) atoms. The number of nitrogens with zero attached hydrogens (tertiary/aromatic N) is 4. The van der Waals surface area contributed by atoms with Gasteiger partial charge in [-0.2, -0.15) is 0 Å². The molecule has 1 atom stereocenters. The zero-order chi connectivity index (χ0) is 18.2. The predicted octanol–water partition coefficient (Wildman–Crippen LogP) is 3.31. The zero-order valence-corrected chi connectivity index (χ0v) is 16.1. The molecule has 2 saturated heterocycles. The van der Waals surface area contributed by atoms with Crippen molar-refractivity contribution in [3.8, 4) is 0 Å². The van der Waals surface area contributed by atoms with Gasteiger partial charge in [0.15, 0.2) is 0 Å². The molecule has 6 nitrogen and oxygen atoms in total. The van der Waals surface area contributed by atoms with Crippen LogP contribution in [-0.4, -0.2) is 53.5 Å². The summed E-state index contributed by atoms with van der Waals surface area (Å²) in [6, 6.07) is 2.04. The minimum atomic E-state index is 0.362. The van der Waals surface area contributed by atoms with E-state index in [-0.39, 0.29) is 0 Å². The summed E-state index contributed by atoms with van der Waals surface area (Å²) in [7, 11) is 0. The van der Waals surface area contributed by atoms with Gasteiger partial charge in [0, 0.05) is 45.2 Å². The van der Waals surface area contributed by atoms with Gasteiger partial charge in [0.2, 0.25) is 5.91 Å². The van der Waals surface area contributed by atoms with E-state index < -0.39 is 0 Å². The van der Waals surface area contributed by atoms with E-state index in [1.807, 2.05) is 6.07 Å². The summed E-state index contributed by atoms with van der Waals surface area (Å²) in [6.45, 7) is 6.89. The summed E-state index contributed by atoms with van der Waals surface area (Å²) >= 11 is 0. The highest BCUT2D eigenvalue weighted by atomic mass is 16.2. The Labute approximate surface area is 157 Å². The molecule has 0 aromatic carbocycles. The molecule has 1 unspecified atom stereocenters. The lowest BCUT2D eigenvalue weighted by Gasteiger charge is -2.34. The molecule has 1 aromatic heterocycles. The molecule has 1 aromatic rings. The number of carbonyl (C=O) groups is 1. The van der Waals surface area contributed by atoms with E-state index in [9.17, 15) is 4.79 Å². The fraction of sp³-hybridized carbons (Fsp3) is 0.750. The van der Waals surface area contributed by atoms with Gasteiger partial charge in [0.25, 0.3) is 0 Å². The number of anilines is 2. The summed E-state index contributed by atoms with van der Waals surface area (Å²) in [5, 5.41) is 3.25.